The smallest absolute Gasteiger partial charge is 0.216 e. The zero-order chi connectivity index (χ0) is 36.3. The number of fused-ring (bicyclic) bond motifs is 3. The minimum absolute atomic E-state index is 0. The van der Waals surface area contributed by atoms with Crippen LogP contribution >= 0.6 is 0 Å². The number of hydrogen-bond acceptors (Lipinski definition) is 4. The van der Waals surface area contributed by atoms with E-state index in [4.69, 9.17) is 22.2 Å². The van der Waals surface area contributed by atoms with E-state index in [0.717, 1.165) is 6.20 Å². The van der Waals surface area contributed by atoms with Crippen molar-refractivity contribution in [1.82, 2.24) is 9.97 Å². The van der Waals surface area contributed by atoms with Crippen LogP contribution in [0.15, 0.2) is 81.9 Å². The van der Waals surface area contributed by atoms with Crippen LogP contribution in [0, 0.1) is 25.8 Å². The van der Waals surface area contributed by atoms with Gasteiger partial charge >= 0.3 is 0 Å². The van der Waals surface area contributed by atoms with Crippen LogP contribution in [-0.2, 0) is 20.1 Å². The number of benzene rings is 2. The third-order valence-electron chi connectivity index (χ3n) is 6.09. The Balaban J connectivity index is 0.000000204. The summed E-state index contributed by atoms with van der Waals surface area (Å²) in [7, 11) is 0. The summed E-state index contributed by atoms with van der Waals surface area (Å²) in [5.74, 6) is 0.574. The molecule has 0 spiro atoms. The van der Waals surface area contributed by atoms with Crippen molar-refractivity contribution in [3.05, 3.63) is 107 Å². The number of aliphatic imine (C=N–C) groups is 1. The van der Waals surface area contributed by atoms with Crippen molar-refractivity contribution in [2.75, 3.05) is 0 Å². The predicted molar refractivity (Wildman–Crippen MR) is 150 cm³/mol. The Morgan fingerprint density at radius 2 is 1.95 bits per heavy atom. The first-order valence-electron chi connectivity index (χ1n) is 18.4. The first kappa shape index (κ1) is 14.7. The number of nitrogens with zero attached hydrogens (tertiary/aromatic N) is 3. The zero-order valence-corrected chi connectivity index (χ0v) is 22.3. The van der Waals surface area contributed by atoms with Crippen molar-refractivity contribution in [2.45, 2.75) is 52.1 Å². The van der Waals surface area contributed by atoms with Crippen molar-refractivity contribution in [3.8, 4) is 11.3 Å². The monoisotopic (exact) mass is 689 g/mol. The summed E-state index contributed by atoms with van der Waals surface area (Å²) >= 11 is 0. The largest absolute Gasteiger partial charge is 0.486 e. The van der Waals surface area contributed by atoms with Gasteiger partial charge < -0.3 is 14.4 Å². The molecule has 0 amide bonds. The van der Waals surface area contributed by atoms with E-state index >= 15 is 0 Å². The SMILES string of the molecule is [2H]C1C(C([2H])([2H])[2H])=CN=C(c2[c-]ccc3c2oc2nc(C([2H])([2H])[2H])ccc23)C1[2H].[2H]c1c(C([2H])([2H])[2H])cnc(-c2[c-]ccc(C3CC3)c2)c1[2H].[Ir]. The van der Waals surface area contributed by atoms with E-state index in [1.165, 1.54) is 30.7 Å². The third-order valence-corrected chi connectivity index (χ3v) is 6.09. The van der Waals surface area contributed by atoms with E-state index in [-0.39, 0.29) is 60.4 Å². The van der Waals surface area contributed by atoms with Gasteiger partial charge in [-0.05, 0) is 81.2 Å². The summed E-state index contributed by atoms with van der Waals surface area (Å²) in [5, 5.41) is 1.24. The van der Waals surface area contributed by atoms with Crippen molar-refractivity contribution in [3.63, 3.8) is 0 Å². The second kappa shape index (κ2) is 11.1. The molecule has 5 aromatic rings. The number of furan rings is 1. The van der Waals surface area contributed by atoms with Crippen LogP contribution in [0.25, 0.3) is 33.3 Å². The van der Waals surface area contributed by atoms with Gasteiger partial charge in [-0.15, -0.1) is 53.6 Å². The van der Waals surface area contributed by atoms with Crippen molar-refractivity contribution < 1.29 is 42.3 Å². The summed E-state index contributed by atoms with van der Waals surface area (Å²) in [6.07, 6.45) is 2.10. The number of allylic oxidation sites excluding steroid dienone is 1. The number of hydrogen-bond donors (Lipinski definition) is 0. The number of aromatic nitrogens is 2. The van der Waals surface area contributed by atoms with Gasteiger partial charge in [-0.2, -0.15) is 0 Å². The van der Waals surface area contributed by atoms with Gasteiger partial charge in [-0.3, -0.25) is 0 Å². The van der Waals surface area contributed by atoms with Crippen LogP contribution in [0.1, 0.15) is 78.6 Å². The molecule has 0 N–H and O–H groups in total. The molecule has 1 fully saturated rings. The summed E-state index contributed by atoms with van der Waals surface area (Å²) in [6.45, 7) is -7.29. The summed E-state index contributed by atoms with van der Waals surface area (Å²) in [5.41, 5.74) is 2.62. The molecular formula is C33H29IrN3O-2. The second-order valence-corrected chi connectivity index (χ2v) is 8.76. The van der Waals surface area contributed by atoms with Gasteiger partial charge in [-0.25, -0.2) is 4.98 Å². The molecule has 4 heterocycles. The van der Waals surface area contributed by atoms with Gasteiger partial charge in [0.2, 0.25) is 5.71 Å². The van der Waals surface area contributed by atoms with Gasteiger partial charge in [-0.1, -0.05) is 28.6 Å². The van der Waals surface area contributed by atoms with E-state index < -0.39 is 33.3 Å². The zero-order valence-electron chi connectivity index (χ0n) is 32.9. The van der Waals surface area contributed by atoms with E-state index in [9.17, 15) is 0 Å². The van der Waals surface area contributed by atoms with Gasteiger partial charge in [0.25, 0.3) is 0 Å². The molecule has 2 unspecified atom stereocenters. The molecule has 38 heavy (non-hydrogen) atoms. The quantitative estimate of drug-likeness (QED) is 0.179. The number of pyridine rings is 2. The predicted octanol–water partition coefficient (Wildman–Crippen LogP) is 8.31. The van der Waals surface area contributed by atoms with Crippen LogP contribution in [-0.4, -0.2) is 15.7 Å². The standard InChI is InChI=1S/C18H15N2O.C15H14N.Ir/c1-11-6-9-16(19-10-11)15-5-3-4-13-14-8-7-12(2)20-18(14)21-17(13)15;1-11-5-8-15(16-10-11)14-4-2-3-13(9-14)12-6-7-12;/h3-4,7-8,10H,6,9H2,1-2H3;2-3,5,8-10,12H,6-7H2,1H3;/q2*-1;/i1D3,2D3,6D,9D;1D3,5D,8D;. The van der Waals surface area contributed by atoms with Crippen LogP contribution in [0.3, 0.4) is 0 Å². The fraction of sp³-hybridized carbons (Fsp3) is 0.242. The Hall–Kier alpha value is -3.40. The Bertz CT molecular complexity index is 2170. The summed E-state index contributed by atoms with van der Waals surface area (Å²) in [4.78, 5) is 12.3. The molecule has 193 valence electrons. The average Bonchev–Trinajstić information content (AvgIpc) is 3.82. The van der Waals surface area contributed by atoms with Gasteiger partial charge in [0, 0.05) is 58.7 Å². The van der Waals surface area contributed by atoms with Gasteiger partial charge in [0.15, 0.2) is 0 Å². The van der Waals surface area contributed by atoms with Crippen LogP contribution in [0.4, 0.5) is 0 Å². The van der Waals surface area contributed by atoms with E-state index in [0.29, 0.717) is 39.1 Å². The van der Waals surface area contributed by atoms with Crippen LogP contribution in [0.2, 0.25) is 0 Å². The van der Waals surface area contributed by atoms with Gasteiger partial charge in [0.1, 0.15) is 0 Å². The Morgan fingerprint density at radius 3 is 2.79 bits per heavy atom. The van der Waals surface area contributed by atoms with Crippen molar-refractivity contribution in [1.29, 1.82) is 0 Å². The van der Waals surface area contributed by atoms with Crippen molar-refractivity contribution >= 4 is 27.8 Å². The van der Waals surface area contributed by atoms with E-state index in [2.05, 4.69) is 27.1 Å². The molecule has 1 saturated carbocycles. The molecular weight excluding hydrogens is 647 g/mol. The molecule has 1 aliphatic heterocycles. The minimum atomic E-state index is -2.49. The van der Waals surface area contributed by atoms with Crippen LogP contribution in [0.5, 0.6) is 0 Å². The molecule has 3 aromatic heterocycles. The minimum Gasteiger partial charge on any atom is -0.486 e. The second-order valence-electron chi connectivity index (χ2n) is 8.76. The number of rotatable bonds is 3. The topological polar surface area (TPSA) is 51.3 Å². The molecule has 4 nitrogen and oxygen atoms in total. The fourth-order valence-electron chi connectivity index (χ4n) is 4.10. The maximum atomic E-state index is 8.35. The summed E-state index contributed by atoms with van der Waals surface area (Å²) < 4.78 is 105. The van der Waals surface area contributed by atoms with E-state index in [1.807, 2.05) is 12.1 Å². The maximum Gasteiger partial charge on any atom is 0.216 e. The molecule has 2 aliphatic rings. The van der Waals surface area contributed by atoms with Crippen LogP contribution < -0.4 is 0 Å². The molecule has 2 aromatic carbocycles. The number of aryl methyl sites for hydroxylation is 2. The normalized spacial score (nSPS) is 24.7. The first-order valence-corrected chi connectivity index (χ1v) is 11.7. The molecule has 7 rings (SSSR count). The Kier molecular flexibility index (Phi) is 4.30. The fourth-order valence-corrected chi connectivity index (χ4v) is 4.10. The van der Waals surface area contributed by atoms with Gasteiger partial charge in [0.05, 0.1) is 8.32 Å². The maximum absolute atomic E-state index is 8.35. The summed E-state index contributed by atoms with van der Waals surface area (Å²) in [6, 6.07) is 17.6. The molecule has 1 radical (unpaired) electrons. The molecule has 1 aliphatic carbocycles. The Morgan fingerprint density at radius 1 is 1.03 bits per heavy atom. The molecule has 2 atom stereocenters. The third kappa shape index (κ3) is 5.55. The van der Waals surface area contributed by atoms with E-state index in [1.54, 1.807) is 24.3 Å². The average molecular weight is 689 g/mol. The first-order chi connectivity index (χ1) is 23.4. The molecule has 0 saturated heterocycles. The molecule has 5 heteroatoms. The Labute approximate surface area is 255 Å². The molecule has 0 bridgehead atoms. The van der Waals surface area contributed by atoms with Crippen molar-refractivity contribution in [2.24, 2.45) is 4.99 Å².